The van der Waals surface area contributed by atoms with E-state index in [1.165, 1.54) is 6.42 Å². The maximum absolute atomic E-state index is 13.2. The van der Waals surface area contributed by atoms with Crippen molar-refractivity contribution in [1.82, 2.24) is 10.6 Å². The lowest BCUT2D eigenvalue weighted by Gasteiger charge is -2.39. The molecule has 3 N–H and O–H groups in total. The Labute approximate surface area is 144 Å². The third-order valence-electron chi connectivity index (χ3n) is 5.70. The van der Waals surface area contributed by atoms with Gasteiger partial charge in [0.05, 0.1) is 12.1 Å². The number of ketones is 1. The summed E-state index contributed by atoms with van der Waals surface area (Å²) < 4.78 is 0. The number of aliphatic hydroxyl groups excluding tert-OH is 1. The number of nitrogens with one attached hydrogen (secondary N) is 2. The first-order valence-electron chi connectivity index (χ1n) is 9.07. The molecular formula is C18H28N2O2S. The van der Waals surface area contributed by atoms with E-state index in [4.69, 9.17) is 12.2 Å². The summed E-state index contributed by atoms with van der Waals surface area (Å²) in [7, 11) is 0. The molecule has 0 aromatic carbocycles. The molecule has 1 heterocycles. The molecule has 128 valence electrons. The molecule has 0 spiro atoms. The van der Waals surface area contributed by atoms with Gasteiger partial charge in [-0.25, -0.2) is 0 Å². The van der Waals surface area contributed by atoms with E-state index < -0.39 is 0 Å². The first-order valence-corrected chi connectivity index (χ1v) is 9.47. The number of hydrogen-bond donors (Lipinski definition) is 3. The van der Waals surface area contributed by atoms with Crippen LogP contribution in [0.5, 0.6) is 0 Å². The Kier molecular flexibility index (Phi) is 5.37. The Morgan fingerprint density at radius 3 is 2.57 bits per heavy atom. The van der Waals surface area contributed by atoms with E-state index in [1.807, 2.05) is 6.92 Å². The average Bonchev–Trinajstić information content (AvgIpc) is 2.54. The maximum Gasteiger partial charge on any atom is 0.171 e. The summed E-state index contributed by atoms with van der Waals surface area (Å²) >= 11 is 5.32. The second-order valence-corrected chi connectivity index (χ2v) is 7.80. The van der Waals surface area contributed by atoms with Crippen LogP contribution in [0.15, 0.2) is 11.3 Å². The fraction of sp³-hybridized carbons (Fsp3) is 0.778. The number of allylic oxidation sites excluding steroid dienone is 1. The molecule has 0 bridgehead atoms. The SMILES string of the molecule is CC1=C(C(=O)C2CCCCC2)C(C2CCCC(O)C2)NC(=S)N1. The molecule has 4 nitrogen and oxygen atoms in total. The molecule has 0 radical (unpaired) electrons. The van der Waals surface area contributed by atoms with Crippen LogP contribution in [0.1, 0.15) is 64.7 Å². The van der Waals surface area contributed by atoms with E-state index in [-0.39, 0.29) is 24.0 Å². The first-order chi connectivity index (χ1) is 11.1. The summed E-state index contributed by atoms with van der Waals surface area (Å²) in [6.45, 7) is 1.97. The Hall–Kier alpha value is -0.940. The van der Waals surface area contributed by atoms with Crippen LogP contribution in [0.4, 0.5) is 0 Å². The van der Waals surface area contributed by atoms with Crippen molar-refractivity contribution in [3.63, 3.8) is 0 Å². The highest BCUT2D eigenvalue weighted by atomic mass is 32.1. The Balaban J connectivity index is 1.84. The molecular weight excluding hydrogens is 308 g/mol. The van der Waals surface area contributed by atoms with Crippen LogP contribution in [-0.4, -0.2) is 28.1 Å². The zero-order chi connectivity index (χ0) is 16.4. The molecule has 3 rings (SSSR count). The fourth-order valence-electron chi connectivity index (χ4n) is 4.50. The van der Waals surface area contributed by atoms with E-state index in [9.17, 15) is 9.90 Å². The van der Waals surface area contributed by atoms with Gasteiger partial charge in [-0.2, -0.15) is 0 Å². The minimum Gasteiger partial charge on any atom is -0.393 e. The van der Waals surface area contributed by atoms with Crippen LogP contribution in [0.2, 0.25) is 0 Å². The van der Waals surface area contributed by atoms with Gasteiger partial charge >= 0.3 is 0 Å². The lowest BCUT2D eigenvalue weighted by atomic mass is 9.74. The Bertz CT molecular complexity index is 511. The third kappa shape index (κ3) is 3.77. The minimum absolute atomic E-state index is 0.0341. The summed E-state index contributed by atoms with van der Waals surface area (Å²) in [5.41, 5.74) is 1.80. The number of rotatable bonds is 3. The van der Waals surface area contributed by atoms with Crippen molar-refractivity contribution < 1.29 is 9.90 Å². The van der Waals surface area contributed by atoms with Gasteiger partial charge in [0.15, 0.2) is 10.9 Å². The monoisotopic (exact) mass is 336 g/mol. The van der Waals surface area contributed by atoms with Gasteiger partial charge in [0, 0.05) is 17.2 Å². The Morgan fingerprint density at radius 2 is 1.87 bits per heavy atom. The Morgan fingerprint density at radius 1 is 1.13 bits per heavy atom. The van der Waals surface area contributed by atoms with Gasteiger partial charge in [0.2, 0.25) is 0 Å². The van der Waals surface area contributed by atoms with Gasteiger partial charge < -0.3 is 15.7 Å². The smallest absolute Gasteiger partial charge is 0.171 e. The molecule has 3 unspecified atom stereocenters. The summed E-state index contributed by atoms with van der Waals surface area (Å²) in [4.78, 5) is 13.2. The first kappa shape index (κ1) is 16.9. The lowest BCUT2D eigenvalue weighted by Crippen LogP contribution is -2.54. The van der Waals surface area contributed by atoms with Crippen LogP contribution in [0.3, 0.4) is 0 Å². The molecule has 1 aliphatic heterocycles. The number of hydrogen-bond acceptors (Lipinski definition) is 3. The summed E-state index contributed by atoms with van der Waals surface area (Å²) in [6, 6.07) is -0.0341. The standard InChI is InChI=1S/C18H28N2O2S/c1-11-15(17(22)12-6-3-2-4-7-12)16(20-18(23)19-11)13-8-5-9-14(21)10-13/h12-14,16,21H,2-10H2,1H3,(H2,19,20,23). The van der Waals surface area contributed by atoms with Crippen molar-refractivity contribution in [2.75, 3.05) is 0 Å². The molecule has 23 heavy (non-hydrogen) atoms. The molecule has 3 aliphatic rings. The van der Waals surface area contributed by atoms with Crippen LogP contribution >= 0.6 is 12.2 Å². The molecule has 0 amide bonds. The van der Waals surface area contributed by atoms with Gasteiger partial charge in [-0.15, -0.1) is 0 Å². The highest BCUT2D eigenvalue weighted by molar-refractivity contribution is 7.80. The molecule has 2 fully saturated rings. The van der Waals surface area contributed by atoms with Gasteiger partial charge in [-0.3, -0.25) is 4.79 Å². The normalized spacial score (nSPS) is 33.1. The molecule has 0 saturated heterocycles. The van der Waals surface area contributed by atoms with Crippen molar-refractivity contribution in [3.05, 3.63) is 11.3 Å². The van der Waals surface area contributed by atoms with Crippen LogP contribution in [-0.2, 0) is 4.79 Å². The van der Waals surface area contributed by atoms with Crippen molar-refractivity contribution in [3.8, 4) is 0 Å². The number of Topliss-reactive ketones (excluding diaryl/α,β-unsaturated/α-hetero) is 1. The van der Waals surface area contributed by atoms with E-state index in [2.05, 4.69) is 10.6 Å². The topological polar surface area (TPSA) is 61.4 Å². The summed E-state index contributed by atoms with van der Waals surface area (Å²) in [5.74, 6) is 0.756. The van der Waals surface area contributed by atoms with Crippen LogP contribution < -0.4 is 10.6 Å². The highest BCUT2D eigenvalue weighted by Crippen LogP contribution is 2.35. The van der Waals surface area contributed by atoms with E-state index in [0.717, 1.165) is 62.6 Å². The van der Waals surface area contributed by atoms with Gasteiger partial charge in [0.1, 0.15) is 0 Å². The van der Waals surface area contributed by atoms with Crippen molar-refractivity contribution >= 4 is 23.1 Å². The minimum atomic E-state index is -0.245. The van der Waals surface area contributed by atoms with E-state index in [1.54, 1.807) is 0 Å². The average molecular weight is 337 g/mol. The van der Waals surface area contributed by atoms with Gasteiger partial charge in [0.25, 0.3) is 0 Å². The van der Waals surface area contributed by atoms with Crippen molar-refractivity contribution in [2.24, 2.45) is 11.8 Å². The van der Waals surface area contributed by atoms with Crippen LogP contribution in [0.25, 0.3) is 0 Å². The summed E-state index contributed by atoms with van der Waals surface area (Å²) in [6.07, 6.45) is 9.06. The zero-order valence-electron chi connectivity index (χ0n) is 13.9. The predicted molar refractivity (Wildman–Crippen MR) is 94.9 cm³/mol. The zero-order valence-corrected chi connectivity index (χ0v) is 14.8. The second-order valence-electron chi connectivity index (χ2n) is 7.39. The molecule has 0 aromatic heterocycles. The maximum atomic E-state index is 13.2. The molecule has 5 heteroatoms. The van der Waals surface area contributed by atoms with Crippen LogP contribution in [0, 0.1) is 11.8 Å². The lowest BCUT2D eigenvalue weighted by molar-refractivity contribution is -0.120. The number of carbonyl (C=O) groups is 1. The van der Waals surface area contributed by atoms with Crippen molar-refractivity contribution in [1.29, 1.82) is 0 Å². The van der Waals surface area contributed by atoms with E-state index in [0.29, 0.717) is 10.9 Å². The fourth-order valence-corrected chi connectivity index (χ4v) is 4.78. The largest absolute Gasteiger partial charge is 0.393 e. The molecule has 3 atom stereocenters. The van der Waals surface area contributed by atoms with Gasteiger partial charge in [-0.05, 0) is 57.2 Å². The summed E-state index contributed by atoms with van der Waals surface area (Å²) in [5, 5.41) is 17.1. The number of carbonyl (C=O) groups excluding carboxylic acids is 1. The molecule has 2 saturated carbocycles. The molecule has 0 aromatic rings. The molecule has 2 aliphatic carbocycles. The van der Waals surface area contributed by atoms with Crippen molar-refractivity contribution in [2.45, 2.75) is 76.9 Å². The number of thiocarbonyl (C=S) groups is 1. The third-order valence-corrected chi connectivity index (χ3v) is 5.92. The van der Waals surface area contributed by atoms with Gasteiger partial charge in [-0.1, -0.05) is 25.7 Å². The quantitative estimate of drug-likeness (QED) is 0.692. The number of aliphatic hydroxyl groups is 1. The predicted octanol–water partition coefficient (Wildman–Crippen LogP) is 2.81. The second kappa shape index (κ2) is 7.31. The highest BCUT2D eigenvalue weighted by Gasteiger charge is 2.38. The van der Waals surface area contributed by atoms with E-state index >= 15 is 0 Å².